The fourth-order valence-corrected chi connectivity index (χ4v) is 2.72. The fourth-order valence-electron chi connectivity index (χ4n) is 2.03. The number of aromatic nitrogens is 3. The van der Waals surface area contributed by atoms with Gasteiger partial charge in [-0.15, -0.1) is 11.3 Å². The van der Waals surface area contributed by atoms with Crippen LogP contribution in [0.4, 0.5) is 5.13 Å². The largest absolute Gasteiger partial charge is 0.298 e. The highest BCUT2D eigenvalue weighted by Crippen LogP contribution is 2.16. The zero-order valence-electron chi connectivity index (χ0n) is 11.5. The Morgan fingerprint density at radius 1 is 1.43 bits per heavy atom. The Balaban J connectivity index is 2.05. The molecule has 3 aromatic rings. The number of carbonyl (C=O) groups excluding carboxylic acids is 1. The predicted octanol–water partition coefficient (Wildman–Crippen LogP) is 1.95. The van der Waals surface area contributed by atoms with Crippen LogP contribution < -0.4 is 10.9 Å². The van der Waals surface area contributed by atoms with Crippen molar-refractivity contribution in [3.63, 3.8) is 0 Å². The van der Waals surface area contributed by atoms with Crippen molar-refractivity contribution in [3.05, 3.63) is 51.4 Å². The maximum atomic E-state index is 12.3. The van der Waals surface area contributed by atoms with Crippen LogP contribution in [0, 0.1) is 6.92 Å². The van der Waals surface area contributed by atoms with Gasteiger partial charge in [0.05, 0.1) is 5.69 Å². The molecule has 0 aromatic carbocycles. The van der Waals surface area contributed by atoms with Crippen LogP contribution in [0.5, 0.6) is 0 Å². The number of carbonyl (C=O) groups is 1. The van der Waals surface area contributed by atoms with Crippen molar-refractivity contribution in [2.45, 2.75) is 6.92 Å². The third-order valence-electron chi connectivity index (χ3n) is 3.05. The van der Waals surface area contributed by atoms with E-state index in [0.717, 1.165) is 11.1 Å². The van der Waals surface area contributed by atoms with Crippen molar-refractivity contribution in [1.29, 1.82) is 0 Å². The van der Waals surface area contributed by atoms with Gasteiger partial charge in [-0.1, -0.05) is 0 Å². The number of hydrogen-bond donors (Lipinski definition) is 1. The Labute approximate surface area is 124 Å². The average Bonchev–Trinajstić information content (AvgIpc) is 2.88. The van der Waals surface area contributed by atoms with Gasteiger partial charge in [-0.05, 0) is 25.1 Å². The van der Waals surface area contributed by atoms with Gasteiger partial charge in [0, 0.05) is 24.0 Å². The van der Waals surface area contributed by atoms with E-state index in [1.54, 1.807) is 25.4 Å². The van der Waals surface area contributed by atoms with E-state index in [-0.39, 0.29) is 11.1 Å². The molecule has 0 bridgehead atoms. The summed E-state index contributed by atoms with van der Waals surface area (Å²) >= 11 is 1.32. The Morgan fingerprint density at radius 2 is 2.24 bits per heavy atom. The van der Waals surface area contributed by atoms with Crippen LogP contribution in [-0.4, -0.2) is 20.4 Å². The van der Waals surface area contributed by atoms with Gasteiger partial charge in [-0.2, -0.15) is 0 Å². The Bertz CT molecular complexity index is 897. The molecule has 1 N–H and O–H groups in total. The van der Waals surface area contributed by atoms with Gasteiger partial charge >= 0.3 is 0 Å². The molecule has 6 nitrogen and oxygen atoms in total. The highest BCUT2D eigenvalue weighted by atomic mass is 32.1. The summed E-state index contributed by atoms with van der Waals surface area (Å²) in [7, 11) is 1.60. The number of rotatable bonds is 2. The average molecular weight is 300 g/mol. The number of hydrogen-bond acceptors (Lipinski definition) is 5. The lowest BCUT2D eigenvalue weighted by atomic mass is 10.2. The van der Waals surface area contributed by atoms with Gasteiger partial charge in [0.1, 0.15) is 11.2 Å². The van der Waals surface area contributed by atoms with E-state index in [2.05, 4.69) is 15.3 Å². The zero-order chi connectivity index (χ0) is 15.0. The molecule has 21 heavy (non-hydrogen) atoms. The van der Waals surface area contributed by atoms with Crippen LogP contribution in [0.25, 0.3) is 11.0 Å². The van der Waals surface area contributed by atoms with Crippen molar-refractivity contribution in [1.82, 2.24) is 14.5 Å². The molecule has 0 aliphatic heterocycles. The van der Waals surface area contributed by atoms with E-state index in [1.165, 1.54) is 15.9 Å². The molecule has 0 saturated carbocycles. The second kappa shape index (κ2) is 5.10. The SMILES string of the molecule is Cc1csc(NC(=O)c2cc3cccnc3n(C)c2=O)n1. The first kappa shape index (κ1) is 13.4. The second-order valence-corrected chi connectivity index (χ2v) is 5.44. The number of fused-ring (bicyclic) bond motifs is 1. The van der Waals surface area contributed by atoms with Crippen LogP contribution in [-0.2, 0) is 7.05 Å². The third-order valence-corrected chi connectivity index (χ3v) is 3.93. The number of aryl methyl sites for hydroxylation is 2. The Morgan fingerprint density at radius 3 is 2.95 bits per heavy atom. The van der Waals surface area contributed by atoms with E-state index >= 15 is 0 Å². The lowest BCUT2D eigenvalue weighted by Gasteiger charge is -2.07. The Kier molecular flexibility index (Phi) is 3.26. The van der Waals surface area contributed by atoms with Crippen molar-refractivity contribution in [2.24, 2.45) is 7.05 Å². The number of amides is 1. The van der Waals surface area contributed by atoms with E-state index in [4.69, 9.17) is 0 Å². The van der Waals surface area contributed by atoms with Crippen molar-refractivity contribution >= 4 is 33.4 Å². The topological polar surface area (TPSA) is 76.9 Å². The Hall–Kier alpha value is -2.54. The summed E-state index contributed by atoms with van der Waals surface area (Å²) in [5, 5.41) is 5.69. The number of nitrogens with zero attached hydrogens (tertiary/aromatic N) is 3. The van der Waals surface area contributed by atoms with E-state index < -0.39 is 5.91 Å². The fraction of sp³-hybridized carbons (Fsp3) is 0.143. The zero-order valence-corrected chi connectivity index (χ0v) is 12.3. The summed E-state index contributed by atoms with van der Waals surface area (Å²) in [4.78, 5) is 32.8. The normalized spacial score (nSPS) is 10.8. The smallest absolute Gasteiger partial charge is 0.264 e. The van der Waals surface area contributed by atoms with Gasteiger partial charge in [0.2, 0.25) is 0 Å². The highest BCUT2D eigenvalue weighted by molar-refractivity contribution is 7.13. The molecule has 0 saturated heterocycles. The van der Waals surface area contributed by atoms with Crippen molar-refractivity contribution in [2.75, 3.05) is 5.32 Å². The van der Waals surface area contributed by atoms with Crippen molar-refractivity contribution < 1.29 is 4.79 Å². The molecule has 0 atom stereocenters. The summed E-state index contributed by atoms with van der Waals surface area (Å²) in [6, 6.07) is 5.13. The van der Waals surface area contributed by atoms with Crippen LogP contribution >= 0.6 is 11.3 Å². The van der Waals surface area contributed by atoms with E-state index in [0.29, 0.717) is 10.8 Å². The molecule has 3 aromatic heterocycles. The molecule has 0 fully saturated rings. The standard InChI is InChI=1S/C14H12N4O2S/c1-8-7-21-14(16-8)17-12(19)10-6-9-4-3-5-15-11(9)18(2)13(10)20/h3-7H,1-2H3,(H,16,17,19). The lowest BCUT2D eigenvalue weighted by molar-refractivity contribution is 0.102. The monoisotopic (exact) mass is 300 g/mol. The van der Waals surface area contributed by atoms with E-state index in [1.807, 2.05) is 18.4 Å². The number of thiazole rings is 1. The predicted molar refractivity (Wildman–Crippen MR) is 81.8 cm³/mol. The second-order valence-electron chi connectivity index (χ2n) is 4.59. The summed E-state index contributed by atoms with van der Waals surface area (Å²) < 4.78 is 1.37. The molecule has 0 radical (unpaired) electrons. The molecule has 3 heterocycles. The molecule has 0 aliphatic carbocycles. The van der Waals surface area contributed by atoms with Crippen LogP contribution in [0.15, 0.2) is 34.6 Å². The molecule has 7 heteroatoms. The maximum absolute atomic E-state index is 12.3. The first-order chi connectivity index (χ1) is 10.1. The molecule has 0 spiro atoms. The molecular formula is C14H12N4O2S. The van der Waals surface area contributed by atoms with Gasteiger partial charge < -0.3 is 0 Å². The number of nitrogens with one attached hydrogen (secondary N) is 1. The molecule has 1 amide bonds. The van der Waals surface area contributed by atoms with Crippen LogP contribution in [0.1, 0.15) is 16.1 Å². The molecular weight excluding hydrogens is 288 g/mol. The van der Waals surface area contributed by atoms with Crippen LogP contribution in [0.3, 0.4) is 0 Å². The van der Waals surface area contributed by atoms with Gasteiger partial charge in [0.25, 0.3) is 11.5 Å². The van der Waals surface area contributed by atoms with Gasteiger partial charge in [-0.3, -0.25) is 19.5 Å². The summed E-state index contributed by atoms with van der Waals surface area (Å²) in [5.74, 6) is -0.462. The summed E-state index contributed by atoms with van der Waals surface area (Å²) in [5.41, 5.74) is 1.06. The molecule has 3 rings (SSSR count). The first-order valence-electron chi connectivity index (χ1n) is 6.24. The minimum Gasteiger partial charge on any atom is -0.298 e. The van der Waals surface area contributed by atoms with Gasteiger partial charge in [0.15, 0.2) is 5.13 Å². The summed E-state index contributed by atoms with van der Waals surface area (Å²) in [6.07, 6.45) is 1.61. The molecule has 0 aliphatic rings. The lowest BCUT2D eigenvalue weighted by Crippen LogP contribution is -2.28. The van der Waals surface area contributed by atoms with Crippen LogP contribution in [0.2, 0.25) is 0 Å². The maximum Gasteiger partial charge on any atom is 0.264 e. The third kappa shape index (κ3) is 2.43. The number of pyridine rings is 2. The molecule has 0 unspecified atom stereocenters. The first-order valence-corrected chi connectivity index (χ1v) is 7.12. The number of anilines is 1. The van der Waals surface area contributed by atoms with E-state index in [9.17, 15) is 9.59 Å². The minimum atomic E-state index is -0.462. The quantitative estimate of drug-likeness (QED) is 0.784. The highest BCUT2D eigenvalue weighted by Gasteiger charge is 2.15. The minimum absolute atomic E-state index is 0.0749. The molecule has 106 valence electrons. The van der Waals surface area contributed by atoms with Gasteiger partial charge in [-0.25, -0.2) is 9.97 Å². The summed E-state index contributed by atoms with van der Waals surface area (Å²) in [6.45, 7) is 1.84. The van der Waals surface area contributed by atoms with Crippen molar-refractivity contribution in [3.8, 4) is 0 Å².